The van der Waals surface area contributed by atoms with Crippen molar-refractivity contribution in [1.82, 2.24) is 10.6 Å². The maximum absolute atomic E-state index is 5.28. The van der Waals surface area contributed by atoms with Gasteiger partial charge in [-0.05, 0) is 53.5 Å². The average molecular weight is 365 g/mol. The van der Waals surface area contributed by atoms with E-state index in [1.165, 1.54) is 48.8 Å². The standard InChI is InChI=1S/C24H32N2O/c1-18-16-25-24(26-17-18,21-6-4-3-5-7-21)22-12-8-19(9-13-22)20-10-14-23(27-2)15-11-20/h8-15,18,21,25-26H,3-7,16-17H2,1-2H3. The highest BCUT2D eigenvalue weighted by atomic mass is 16.5. The zero-order valence-corrected chi connectivity index (χ0v) is 16.6. The smallest absolute Gasteiger partial charge is 0.118 e. The van der Waals surface area contributed by atoms with Gasteiger partial charge in [0.25, 0.3) is 0 Å². The van der Waals surface area contributed by atoms with Gasteiger partial charge in [0.1, 0.15) is 5.75 Å². The van der Waals surface area contributed by atoms with E-state index >= 15 is 0 Å². The van der Waals surface area contributed by atoms with Gasteiger partial charge in [-0.3, -0.25) is 10.6 Å². The Balaban J connectivity index is 1.62. The minimum Gasteiger partial charge on any atom is -0.497 e. The van der Waals surface area contributed by atoms with Gasteiger partial charge in [0.05, 0.1) is 12.8 Å². The van der Waals surface area contributed by atoms with E-state index in [1.807, 2.05) is 12.1 Å². The van der Waals surface area contributed by atoms with Crippen molar-refractivity contribution in [3.63, 3.8) is 0 Å². The molecular weight excluding hydrogens is 332 g/mol. The summed E-state index contributed by atoms with van der Waals surface area (Å²) in [5, 5.41) is 7.83. The van der Waals surface area contributed by atoms with E-state index in [1.54, 1.807) is 7.11 Å². The minimum absolute atomic E-state index is 0.0641. The lowest BCUT2D eigenvalue weighted by atomic mass is 9.74. The molecule has 1 saturated carbocycles. The van der Waals surface area contributed by atoms with Gasteiger partial charge in [-0.2, -0.15) is 0 Å². The molecule has 0 aromatic heterocycles. The van der Waals surface area contributed by atoms with Crippen molar-refractivity contribution in [3.05, 3.63) is 54.1 Å². The highest BCUT2D eigenvalue weighted by Gasteiger charge is 2.42. The third-order valence-electron chi connectivity index (χ3n) is 6.44. The summed E-state index contributed by atoms with van der Waals surface area (Å²) in [5.41, 5.74) is 3.81. The summed E-state index contributed by atoms with van der Waals surface area (Å²) in [7, 11) is 1.71. The van der Waals surface area contributed by atoms with Gasteiger partial charge in [-0.15, -0.1) is 0 Å². The lowest BCUT2D eigenvalue weighted by Crippen LogP contribution is -2.64. The number of nitrogens with one attached hydrogen (secondary N) is 2. The highest BCUT2D eigenvalue weighted by Crippen LogP contribution is 2.39. The fourth-order valence-corrected chi connectivity index (χ4v) is 4.78. The summed E-state index contributed by atoms with van der Waals surface area (Å²) >= 11 is 0. The van der Waals surface area contributed by atoms with Crippen molar-refractivity contribution in [2.75, 3.05) is 20.2 Å². The SMILES string of the molecule is COc1ccc(-c2ccc(C3(C4CCCCC4)NCC(C)CN3)cc2)cc1. The lowest BCUT2D eigenvalue weighted by molar-refractivity contribution is 0.0834. The van der Waals surface area contributed by atoms with Crippen molar-refractivity contribution in [1.29, 1.82) is 0 Å². The topological polar surface area (TPSA) is 33.3 Å². The Labute approximate surface area is 163 Å². The minimum atomic E-state index is -0.0641. The molecule has 1 aliphatic carbocycles. The van der Waals surface area contributed by atoms with Gasteiger partial charge < -0.3 is 4.74 Å². The molecule has 0 amide bonds. The number of rotatable bonds is 4. The summed E-state index contributed by atoms with van der Waals surface area (Å²) < 4.78 is 5.28. The van der Waals surface area contributed by atoms with Crippen LogP contribution in [-0.4, -0.2) is 20.2 Å². The van der Waals surface area contributed by atoms with Gasteiger partial charge in [-0.1, -0.05) is 62.6 Å². The van der Waals surface area contributed by atoms with Crippen LogP contribution >= 0.6 is 0 Å². The van der Waals surface area contributed by atoms with Crippen LogP contribution in [0.3, 0.4) is 0 Å². The monoisotopic (exact) mass is 364 g/mol. The summed E-state index contributed by atoms with van der Waals surface area (Å²) in [4.78, 5) is 0. The highest BCUT2D eigenvalue weighted by molar-refractivity contribution is 5.64. The van der Waals surface area contributed by atoms with Crippen molar-refractivity contribution in [2.24, 2.45) is 11.8 Å². The maximum Gasteiger partial charge on any atom is 0.118 e. The van der Waals surface area contributed by atoms with Crippen molar-refractivity contribution < 1.29 is 4.74 Å². The fourth-order valence-electron chi connectivity index (χ4n) is 4.78. The third kappa shape index (κ3) is 3.76. The molecule has 2 fully saturated rings. The molecule has 3 heteroatoms. The Morgan fingerprint density at radius 2 is 1.37 bits per heavy atom. The molecule has 1 aliphatic heterocycles. The van der Waals surface area contributed by atoms with Crippen molar-refractivity contribution in [3.8, 4) is 16.9 Å². The van der Waals surface area contributed by atoms with E-state index in [0.29, 0.717) is 11.8 Å². The average Bonchev–Trinajstić information content (AvgIpc) is 2.75. The summed E-state index contributed by atoms with van der Waals surface area (Å²) in [5.74, 6) is 2.25. The van der Waals surface area contributed by atoms with Crippen LogP contribution in [-0.2, 0) is 5.66 Å². The Kier molecular flexibility index (Phi) is 5.51. The number of hydrogen-bond donors (Lipinski definition) is 2. The Morgan fingerprint density at radius 1 is 0.815 bits per heavy atom. The molecule has 2 N–H and O–H groups in total. The van der Waals surface area contributed by atoms with Crippen molar-refractivity contribution >= 4 is 0 Å². The molecule has 3 nitrogen and oxygen atoms in total. The predicted molar refractivity (Wildman–Crippen MR) is 112 cm³/mol. The van der Waals surface area contributed by atoms with Crippen LogP contribution in [0.4, 0.5) is 0 Å². The normalized spacial score (nSPS) is 26.7. The van der Waals surface area contributed by atoms with Gasteiger partial charge in [0, 0.05) is 13.1 Å². The summed E-state index contributed by atoms with van der Waals surface area (Å²) in [6.07, 6.45) is 6.73. The van der Waals surface area contributed by atoms with Crippen LogP contribution in [0, 0.1) is 11.8 Å². The van der Waals surface area contributed by atoms with Gasteiger partial charge in [-0.25, -0.2) is 0 Å². The molecule has 0 spiro atoms. The van der Waals surface area contributed by atoms with Crippen LogP contribution in [0.1, 0.15) is 44.6 Å². The molecule has 0 radical (unpaired) electrons. The van der Waals surface area contributed by atoms with Crippen LogP contribution in [0.5, 0.6) is 5.75 Å². The lowest BCUT2D eigenvalue weighted by Gasteiger charge is -2.48. The van der Waals surface area contributed by atoms with Crippen LogP contribution in [0.15, 0.2) is 48.5 Å². The van der Waals surface area contributed by atoms with Crippen molar-refractivity contribution in [2.45, 2.75) is 44.7 Å². The second-order valence-corrected chi connectivity index (χ2v) is 8.32. The first-order chi connectivity index (χ1) is 13.2. The van der Waals surface area contributed by atoms with E-state index in [4.69, 9.17) is 4.74 Å². The maximum atomic E-state index is 5.28. The third-order valence-corrected chi connectivity index (χ3v) is 6.44. The molecule has 144 valence electrons. The Hall–Kier alpha value is -1.84. The molecule has 4 rings (SSSR count). The molecule has 1 heterocycles. The molecular formula is C24H32N2O. The van der Waals surface area contributed by atoms with E-state index in [0.717, 1.165) is 18.8 Å². The molecule has 27 heavy (non-hydrogen) atoms. The first-order valence-electron chi connectivity index (χ1n) is 10.5. The largest absolute Gasteiger partial charge is 0.497 e. The van der Waals surface area contributed by atoms with Crippen LogP contribution in [0.2, 0.25) is 0 Å². The molecule has 1 saturated heterocycles. The van der Waals surface area contributed by atoms with Gasteiger partial charge in [0.2, 0.25) is 0 Å². The van der Waals surface area contributed by atoms with Crippen LogP contribution in [0.25, 0.3) is 11.1 Å². The number of benzene rings is 2. The second kappa shape index (κ2) is 8.04. The summed E-state index contributed by atoms with van der Waals surface area (Å²) in [6.45, 7) is 4.49. The zero-order chi connectivity index (χ0) is 18.7. The second-order valence-electron chi connectivity index (χ2n) is 8.32. The molecule has 0 unspecified atom stereocenters. The van der Waals surface area contributed by atoms with E-state index in [9.17, 15) is 0 Å². The Bertz CT molecular complexity index is 724. The van der Waals surface area contributed by atoms with E-state index in [2.05, 4.69) is 54.0 Å². The quantitative estimate of drug-likeness (QED) is 0.807. The number of ether oxygens (including phenoxy) is 1. The van der Waals surface area contributed by atoms with E-state index in [-0.39, 0.29) is 5.66 Å². The number of methoxy groups -OCH3 is 1. The van der Waals surface area contributed by atoms with Gasteiger partial charge in [0.15, 0.2) is 0 Å². The first kappa shape index (κ1) is 18.5. The number of hydrogen-bond acceptors (Lipinski definition) is 3. The van der Waals surface area contributed by atoms with Crippen LogP contribution < -0.4 is 15.4 Å². The first-order valence-corrected chi connectivity index (χ1v) is 10.5. The van der Waals surface area contributed by atoms with E-state index < -0.39 is 0 Å². The molecule has 2 aromatic rings. The zero-order valence-electron chi connectivity index (χ0n) is 16.6. The van der Waals surface area contributed by atoms with Gasteiger partial charge >= 0.3 is 0 Å². The molecule has 0 bridgehead atoms. The Morgan fingerprint density at radius 3 is 1.93 bits per heavy atom. The fraction of sp³-hybridized carbons (Fsp3) is 0.500. The molecule has 0 atom stereocenters. The molecule has 2 aliphatic rings. The molecule has 2 aromatic carbocycles. The predicted octanol–water partition coefficient (Wildman–Crippen LogP) is 4.92. The summed E-state index contributed by atoms with van der Waals surface area (Å²) in [6, 6.07) is 17.5.